The third-order valence-corrected chi connectivity index (χ3v) is 10.6. The summed E-state index contributed by atoms with van der Waals surface area (Å²) >= 11 is 0. The number of carbonyl (C=O) groups excluding carboxylic acids is 8. The Morgan fingerprint density at radius 3 is 1.46 bits per heavy atom. The van der Waals surface area contributed by atoms with Crippen molar-refractivity contribution in [2.45, 2.75) is 115 Å². The molecule has 2 aromatic rings. The highest BCUT2D eigenvalue weighted by molar-refractivity contribution is 5.97. The zero-order valence-electron chi connectivity index (χ0n) is 41.3. The van der Waals surface area contributed by atoms with Gasteiger partial charge in [0.05, 0.1) is 26.2 Å². The lowest BCUT2D eigenvalue weighted by molar-refractivity contribution is -0.135. The number of nitrogens with zero attached hydrogens (tertiary/aromatic N) is 2. The third-order valence-electron chi connectivity index (χ3n) is 10.6. The van der Waals surface area contributed by atoms with Gasteiger partial charge < -0.3 is 76.4 Å². The van der Waals surface area contributed by atoms with E-state index in [2.05, 4.69) is 47.2 Å². The van der Waals surface area contributed by atoms with E-state index in [0.717, 1.165) is 5.56 Å². The van der Waals surface area contributed by atoms with E-state index in [1.165, 1.54) is 7.11 Å². The fourth-order valence-corrected chi connectivity index (χ4v) is 7.01. The third kappa shape index (κ3) is 24.6. The highest BCUT2D eigenvalue weighted by atomic mass is 16.5. The molecule has 24 nitrogen and oxygen atoms in total. The van der Waals surface area contributed by atoms with Crippen LogP contribution >= 0.6 is 0 Å². The summed E-state index contributed by atoms with van der Waals surface area (Å²) < 4.78 is 5.14. The molecule has 0 unspecified atom stereocenters. The molecule has 0 fully saturated rings. The quantitative estimate of drug-likeness (QED) is 0.0200. The molecule has 0 aliphatic carbocycles. The van der Waals surface area contributed by atoms with Gasteiger partial charge in [0.1, 0.15) is 36.0 Å². The normalized spacial score (nSPS) is 13.4. The Bertz CT molecular complexity index is 2110. The highest BCUT2D eigenvalue weighted by Crippen LogP contribution is 2.14. The standard InChI is InChI=1S/C47H75N15O9/c1-27(2)21-35(40(49)65)61-43(68)34(14-10-20-55-47(52)53)59-42(67)33(13-9-19-54-46(50)51)60-44(69)36(22-28(3)4)62-45(70)37(24-29-11-7-6-8-12-29)58-39(64)26-56-38(63)25-57-41(66)32(48)23-30-15-17-31(71-5)18-16-30/h6-8,11-12,15-18,27-28,32-37H,9-10,13-14,19-26,48H2,1-5H3,(H2,49,65)(H,56,63)(H,57,66)(H,58,64)(H,59,67)(H,60,69)(H,61,68)(H,62,70)(H4,50,51,54)(H4,52,53,55)/t32-,33-,34-,35+,36+,37-/m0/s1. The second-order valence-electron chi connectivity index (χ2n) is 17.8. The highest BCUT2D eigenvalue weighted by Gasteiger charge is 2.33. The summed E-state index contributed by atoms with van der Waals surface area (Å²) in [7, 11) is 1.53. The van der Waals surface area contributed by atoms with Crippen LogP contribution in [-0.4, -0.2) is 129 Å². The van der Waals surface area contributed by atoms with Crippen molar-refractivity contribution in [2.75, 3.05) is 33.3 Å². The summed E-state index contributed by atoms with van der Waals surface area (Å²) in [5.74, 6) is -5.68. The molecule has 71 heavy (non-hydrogen) atoms. The first-order valence-corrected chi connectivity index (χ1v) is 23.5. The fourth-order valence-electron chi connectivity index (χ4n) is 7.01. The van der Waals surface area contributed by atoms with Crippen LogP contribution in [0.5, 0.6) is 5.75 Å². The number of methoxy groups -OCH3 is 1. The van der Waals surface area contributed by atoms with Crippen molar-refractivity contribution in [2.24, 2.45) is 56.2 Å². The second-order valence-corrected chi connectivity index (χ2v) is 17.8. The van der Waals surface area contributed by atoms with Crippen molar-refractivity contribution in [3.05, 3.63) is 65.7 Å². The van der Waals surface area contributed by atoms with Gasteiger partial charge in [-0.15, -0.1) is 0 Å². The van der Waals surface area contributed by atoms with Gasteiger partial charge in [0, 0.05) is 19.5 Å². The van der Waals surface area contributed by atoms with E-state index >= 15 is 0 Å². The first kappa shape index (κ1) is 59.6. The molecule has 6 atom stereocenters. The summed E-state index contributed by atoms with van der Waals surface area (Å²) in [5, 5.41) is 18.3. The van der Waals surface area contributed by atoms with Gasteiger partial charge in [-0.25, -0.2) is 0 Å². The average Bonchev–Trinajstić information content (AvgIpc) is 3.31. The van der Waals surface area contributed by atoms with Gasteiger partial charge in [0.25, 0.3) is 0 Å². The molecule has 0 aliphatic rings. The molecular weight excluding hydrogens is 919 g/mol. The minimum Gasteiger partial charge on any atom is -0.497 e. The Kier molecular flexibility index (Phi) is 26.5. The molecular formula is C47H75N15O9. The molecule has 0 aliphatic heterocycles. The molecule has 24 heteroatoms. The number of rotatable bonds is 32. The Morgan fingerprint density at radius 1 is 0.521 bits per heavy atom. The van der Waals surface area contributed by atoms with Crippen LogP contribution in [0.25, 0.3) is 0 Å². The number of benzene rings is 2. The zero-order chi connectivity index (χ0) is 53.0. The minimum atomic E-state index is -1.30. The molecule has 19 N–H and O–H groups in total. The van der Waals surface area contributed by atoms with E-state index < -0.39 is 96.6 Å². The van der Waals surface area contributed by atoms with Crippen molar-refractivity contribution in [3.63, 3.8) is 0 Å². The molecule has 0 aromatic heterocycles. The lowest BCUT2D eigenvalue weighted by Crippen LogP contribution is -2.59. The Balaban J connectivity index is 2.28. The van der Waals surface area contributed by atoms with Crippen LogP contribution < -0.4 is 76.4 Å². The number of amides is 8. The summed E-state index contributed by atoms with van der Waals surface area (Å²) in [6, 6.07) is 8.74. The lowest BCUT2D eigenvalue weighted by Gasteiger charge is -2.28. The summed E-state index contributed by atoms with van der Waals surface area (Å²) in [6.07, 6.45) is 0.956. The number of guanidine groups is 2. The van der Waals surface area contributed by atoms with Crippen LogP contribution in [0.1, 0.15) is 77.3 Å². The van der Waals surface area contributed by atoms with Crippen molar-refractivity contribution in [3.8, 4) is 5.75 Å². The maximum absolute atomic E-state index is 14.2. The number of hydrogen-bond donors (Lipinski definition) is 13. The van der Waals surface area contributed by atoms with Crippen molar-refractivity contribution >= 4 is 59.2 Å². The topological polar surface area (TPSA) is 411 Å². The molecule has 8 amide bonds. The van der Waals surface area contributed by atoms with Crippen LogP contribution in [0.2, 0.25) is 0 Å². The average molecular weight is 994 g/mol. The van der Waals surface area contributed by atoms with Crippen LogP contribution in [0.3, 0.4) is 0 Å². The van der Waals surface area contributed by atoms with Crippen molar-refractivity contribution in [1.29, 1.82) is 0 Å². The predicted octanol–water partition coefficient (Wildman–Crippen LogP) is -2.85. The number of primary amides is 1. The van der Waals surface area contributed by atoms with Crippen LogP contribution in [0.4, 0.5) is 0 Å². The van der Waals surface area contributed by atoms with Crippen LogP contribution in [0, 0.1) is 11.8 Å². The summed E-state index contributed by atoms with van der Waals surface area (Å²) in [4.78, 5) is 115. The number of ether oxygens (including phenoxy) is 1. The summed E-state index contributed by atoms with van der Waals surface area (Å²) in [5.41, 5.74) is 35.0. The van der Waals surface area contributed by atoms with Crippen LogP contribution in [-0.2, 0) is 51.2 Å². The molecule has 2 rings (SSSR count). The molecule has 0 saturated heterocycles. The van der Waals surface area contributed by atoms with E-state index in [1.807, 2.05) is 27.7 Å². The van der Waals surface area contributed by atoms with Crippen molar-refractivity contribution in [1.82, 2.24) is 37.2 Å². The lowest BCUT2D eigenvalue weighted by atomic mass is 10.00. The van der Waals surface area contributed by atoms with Gasteiger partial charge in [0.15, 0.2) is 11.9 Å². The maximum Gasteiger partial charge on any atom is 0.243 e. The monoisotopic (exact) mass is 994 g/mol. The Labute approximate surface area is 414 Å². The molecule has 0 radical (unpaired) electrons. The Hall–Kier alpha value is -7.50. The predicted molar refractivity (Wildman–Crippen MR) is 268 cm³/mol. The number of hydrogen-bond acceptors (Lipinski definition) is 12. The number of aliphatic imine (C=N–C) groups is 2. The van der Waals surface area contributed by atoms with Gasteiger partial charge in [-0.1, -0.05) is 70.2 Å². The van der Waals surface area contributed by atoms with Gasteiger partial charge >= 0.3 is 0 Å². The van der Waals surface area contributed by atoms with Crippen LogP contribution in [0.15, 0.2) is 64.6 Å². The van der Waals surface area contributed by atoms with E-state index in [0.29, 0.717) is 11.3 Å². The molecule has 0 bridgehead atoms. The van der Waals surface area contributed by atoms with Gasteiger partial charge in [-0.2, -0.15) is 0 Å². The fraction of sp³-hybridized carbons (Fsp3) is 0.532. The first-order valence-electron chi connectivity index (χ1n) is 23.5. The van der Waals surface area contributed by atoms with E-state index in [1.54, 1.807) is 54.6 Å². The molecule has 0 spiro atoms. The van der Waals surface area contributed by atoms with Gasteiger partial charge in [-0.3, -0.25) is 48.3 Å². The minimum absolute atomic E-state index is 0.0131. The molecule has 2 aromatic carbocycles. The molecule has 0 saturated carbocycles. The zero-order valence-corrected chi connectivity index (χ0v) is 41.3. The first-order chi connectivity index (χ1) is 33.6. The van der Waals surface area contributed by atoms with Gasteiger partial charge in [0.2, 0.25) is 47.3 Å². The SMILES string of the molecule is COc1ccc(C[C@H](N)C(=O)NCC(=O)NCC(=O)N[C@@H](Cc2ccccc2)C(=O)N[C@H](CC(C)C)C(=O)N[C@@H](CCCN=C(N)N)C(=O)N[C@@H](CCCN=C(N)N)C(=O)N[C@H](CC(C)C)C(N)=O)cc1. The van der Waals surface area contributed by atoms with E-state index in [-0.39, 0.29) is 88.2 Å². The van der Waals surface area contributed by atoms with Crippen molar-refractivity contribution < 1.29 is 43.1 Å². The second kappa shape index (κ2) is 31.6. The number of nitrogens with one attached hydrogen (secondary N) is 7. The van der Waals surface area contributed by atoms with E-state index in [4.69, 9.17) is 39.1 Å². The summed E-state index contributed by atoms with van der Waals surface area (Å²) in [6.45, 7) is 6.49. The smallest absolute Gasteiger partial charge is 0.243 e. The molecule has 0 heterocycles. The largest absolute Gasteiger partial charge is 0.497 e. The number of carbonyl (C=O) groups is 8. The Morgan fingerprint density at radius 2 is 0.972 bits per heavy atom. The number of nitrogens with two attached hydrogens (primary N) is 6. The van der Waals surface area contributed by atoms with E-state index in [9.17, 15) is 38.4 Å². The molecule has 392 valence electrons. The van der Waals surface area contributed by atoms with Gasteiger partial charge in [-0.05, 0) is 80.0 Å². The maximum atomic E-state index is 14.2.